The van der Waals surface area contributed by atoms with Crippen LogP contribution in [-0.2, 0) is 11.2 Å². The minimum Gasteiger partial charge on any atom is -0.354 e. The van der Waals surface area contributed by atoms with Crippen LogP contribution in [0.25, 0.3) is 0 Å². The van der Waals surface area contributed by atoms with E-state index in [-0.39, 0.29) is 29.9 Å². The number of thiophene rings is 1. The third kappa shape index (κ3) is 8.40. The molecule has 1 amide bonds. The SMILES string of the molecule is CN=C(NCCNC(=O)CC1CCCC1)N(C)CCc1cccs1.I. The van der Waals surface area contributed by atoms with E-state index in [4.69, 9.17) is 0 Å². The van der Waals surface area contributed by atoms with Crippen molar-refractivity contribution in [2.75, 3.05) is 33.7 Å². The summed E-state index contributed by atoms with van der Waals surface area (Å²) in [5, 5.41) is 8.43. The number of amides is 1. The predicted molar refractivity (Wildman–Crippen MR) is 117 cm³/mol. The van der Waals surface area contributed by atoms with E-state index in [1.165, 1.54) is 30.6 Å². The van der Waals surface area contributed by atoms with Crippen molar-refractivity contribution in [1.82, 2.24) is 15.5 Å². The molecule has 1 fully saturated rings. The molecule has 0 aromatic carbocycles. The van der Waals surface area contributed by atoms with Gasteiger partial charge in [-0.15, -0.1) is 35.3 Å². The highest BCUT2D eigenvalue weighted by atomic mass is 127. The number of rotatable bonds is 8. The number of aliphatic imine (C=N–C) groups is 1. The van der Waals surface area contributed by atoms with Crippen LogP contribution in [0.5, 0.6) is 0 Å². The minimum absolute atomic E-state index is 0. The molecule has 142 valence electrons. The van der Waals surface area contributed by atoms with Crippen molar-refractivity contribution in [3.05, 3.63) is 22.4 Å². The summed E-state index contributed by atoms with van der Waals surface area (Å²) in [5.74, 6) is 1.66. The second kappa shape index (κ2) is 12.5. The Bertz CT molecular complexity index is 515. The second-order valence-corrected chi connectivity index (χ2v) is 7.46. The first-order chi connectivity index (χ1) is 11.7. The maximum atomic E-state index is 11.9. The zero-order valence-electron chi connectivity index (χ0n) is 15.3. The van der Waals surface area contributed by atoms with Crippen LogP contribution in [0, 0.1) is 5.92 Å². The molecule has 0 atom stereocenters. The van der Waals surface area contributed by atoms with Crippen molar-refractivity contribution in [2.45, 2.75) is 38.5 Å². The molecule has 2 rings (SSSR count). The molecule has 25 heavy (non-hydrogen) atoms. The number of likely N-dealkylation sites (N-methyl/N-ethyl adjacent to an activating group) is 1. The van der Waals surface area contributed by atoms with Crippen molar-refractivity contribution in [3.63, 3.8) is 0 Å². The maximum absolute atomic E-state index is 11.9. The maximum Gasteiger partial charge on any atom is 0.220 e. The molecule has 1 aliphatic carbocycles. The van der Waals surface area contributed by atoms with Crippen LogP contribution in [0.3, 0.4) is 0 Å². The summed E-state index contributed by atoms with van der Waals surface area (Å²) < 4.78 is 0. The van der Waals surface area contributed by atoms with E-state index < -0.39 is 0 Å². The van der Waals surface area contributed by atoms with Gasteiger partial charge in [-0.25, -0.2) is 0 Å². The molecule has 1 aromatic rings. The van der Waals surface area contributed by atoms with Crippen LogP contribution in [0.1, 0.15) is 37.0 Å². The topological polar surface area (TPSA) is 56.7 Å². The highest BCUT2D eigenvalue weighted by molar-refractivity contribution is 14.0. The van der Waals surface area contributed by atoms with Gasteiger partial charge in [0.1, 0.15) is 0 Å². The Kier molecular flexibility index (Phi) is 11.1. The molecule has 1 aliphatic rings. The molecule has 1 heterocycles. The molecule has 0 saturated heterocycles. The monoisotopic (exact) mass is 478 g/mol. The zero-order valence-corrected chi connectivity index (χ0v) is 18.4. The molecular formula is C18H31IN4OS. The minimum atomic E-state index is 0. The number of nitrogens with one attached hydrogen (secondary N) is 2. The Morgan fingerprint density at radius 1 is 1.32 bits per heavy atom. The summed E-state index contributed by atoms with van der Waals surface area (Å²) in [7, 11) is 3.84. The largest absolute Gasteiger partial charge is 0.354 e. The second-order valence-electron chi connectivity index (χ2n) is 6.43. The van der Waals surface area contributed by atoms with Crippen molar-refractivity contribution in [2.24, 2.45) is 10.9 Å². The lowest BCUT2D eigenvalue weighted by Crippen LogP contribution is -2.43. The first kappa shape index (κ1) is 22.2. The van der Waals surface area contributed by atoms with Crippen molar-refractivity contribution < 1.29 is 4.79 Å². The van der Waals surface area contributed by atoms with Gasteiger partial charge in [-0.2, -0.15) is 0 Å². The average Bonchev–Trinajstić information content (AvgIpc) is 3.26. The molecule has 0 spiro atoms. The van der Waals surface area contributed by atoms with Gasteiger partial charge in [0.2, 0.25) is 5.91 Å². The van der Waals surface area contributed by atoms with Crippen LogP contribution in [0.2, 0.25) is 0 Å². The van der Waals surface area contributed by atoms with Gasteiger partial charge in [0.15, 0.2) is 5.96 Å². The lowest BCUT2D eigenvalue weighted by Gasteiger charge is -2.22. The Morgan fingerprint density at radius 3 is 2.68 bits per heavy atom. The van der Waals surface area contributed by atoms with E-state index in [1.54, 1.807) is 18.4 Å². The van der Waals surface area contributed by atoms with E-state index in [0.29, 0.717) is 25.4 Å². The summed E-state index contributed by atoms with van der Waals surface area (Å²) in [6, 6.07) is 4.25. The fourth-order valence-electron chi connectivity index (χ4n) is 3.15. The van der Waals surface area contributed by atoms with E-state index in [9.17, 15) is 4.79 Å². The Labute approximate surface area is 172 Å². The molecule has 1 aromatic heterocycles. The smallest absolute Gasteiger partial charge is 0.220 e. The van der Waals surface area contributed by atoms with Crippen LogP contribution >= 0.6 is 35.3 Å². The van der Waals surface area contributed by atoms with Crippen LogP contribution in [-0.4, -0.2) is 50.5 Å². The number of hydrogen-bond acceptors (Lipinski definition) is 3. The number of guanidine groups is 1. The quantitative estimate of drug-likeness (QED) is 0.261. The van der Waals surface area contributed by atoms with Gasteiger partial charge in [0.25, 0.3) is 0 Å². The summed E-state index contributed by atoms with van der Waals surface area (Å²) in [6.45, 7) is 2.27. The number of nitrogens with zero attached hydrogens (tertiary/aromatic N) is 2. The summed E-state index contributed by atoms with van der Waals surface area (Å²) in [4.78, 5) is 19.7. The van der Waals surface area contributed by atoms with Crippen molar-refractivity contribution >= 4 is 47.2 Å². The highest BCUT2D eigenvalue weighted by Gasteiger charge is 2.18. The Morgan fingerprint density at radius 2 is 2.04 bits per heavy atom. The molecule has 0 bridgehead atoms. The predicted octanol–water partition coefficient (Wildman–Crippen LogP) is 3.11. The molecule has 2 N–H and O–H groups in total. The summed E-state index contributed by atoms with van der Waals surface area (Å²) in [5.41, 5.74) is 0. The van der Waals surface area contributed by atoms with Gasteiger partial charge >= 0.3 is 0 Å². The molecule has 5 nitrogen and oxygen atoms in total. The third-order valence-electron chi connectivity index (χ3n) is 4.53. The molecule has 0 unspecified atom stereocenters. The number of hydrogen-bond donors (Lipinski definition) is 2. The molecular weight excluding hydrogens is 447 g/mol. The van der Waals surface area contributed by atoms with Crippen LogP contribution < -0.4 is 10.6 Å². The lowest BCUT2D eigenvalue weighted by molar-refractivity contribution is -0.121. The van der Waals surface area contributed by atoms with E-state index in [0.717, 1.165) is 18.9 Å². The van der Waals surface area contributed by atoms with Gasteiger partial charge in [0, 0.05) is 45.0 Å². The Hall–Kier alpha value is -0.830. The third-order valence-corrected chi connectivity index (χ3v) is 5.46. The van der Waals surface area contributed by atoms with E-state index >= 15 is 0 Å². The van der Waals surface area contributed by atoms with Crippen LogP contribution in [0.15, 0.2) is 22.5 Å². The number of carbonyl (C=O) groups is 1. The highest BCUT2D eigenvalue weighted by Crippen LogP contribution is 2.27. The molecule has 0 aliphatic heterocycles. The standard InChI is InChI=1S/C18H30N4OS.HI/c1-19-18(22(2)12-9-16-8-5-13-24-16)21-11-10-20-17(23)14-15-6-3-4-7-15;/h5,8,13,15H,3-4,6-7,9-12,14H2,1-2H3,(H,19,21)(H,20,23);1H. The molecule has 1 saturated carbocycles. The van der Waals surface area contributed by atoms with Gasteiger partial charge in [0.05, 0.1) is 0 Å². The normalized spacial score (nSPS) is 14.9. The van der Waals surface area contributed by atoms with Gasteiger partial charge in [-0.3, -0.25) is 9.79 Å². The fraction of sp³-hybridized carbons (Fsp3) is 0.667. The Balaban J connectivity index is 0.00000312. The van der Waals surface area contributed by atoms with Crippen molar-refractivity contribution in [3.8, 4) is 0 Å². The van der Waals surface area contributed by atoms with Gasteiger partial charge < -0.3 is 15.5 Å². The zero-order chi connectivity index (χ0) is 17.2. The fourth-order valence-corrected chi connectivity index (χ4v) is 3.85. The van der Waals surface area contributed by atoms with Gasteiger partial charge in [-0.1, -0.05) is 18.9 Å². The summed E-state index contributed by atoms with van der Waals surface area (Å²) >= 11 is 1.79. The van der Waals surface area contributed by atoms with Crippen molar-refractivity contribution in [1.29, 1.82) is 0 Å². The van der Waals surface area contributed by atoms with Crippen LogP contribution in [0.4, 0.5) is 0 Å². The average molecular weight is 478 g/mol. The molecule has 7 heteroatoms. The first-order valence-electron chi connectivity index (χ1n) is 8.90. The van der Waals surface area contributed by atoms with E-state index in [2.05, 4.69) is 38.0 Å². The molecule has 0 radical (unpaired) electrons. The first-order valence-corrected chi connectivity index (χ1v) is 9.78. The number of halogens is 1. The van der Waals surface area contributed by atoms with E-state index in [1.807, 2.05) is 7.05 Å². The lowest BCUT2D eigenvalue weighted by atomic mass is 10.0. The summed E-state index contributed by atoms with van der Waals surface area (Å²) in [6.07, 6.45) is 6.71. The number of carbonyl (C=O) groups excluding carboxylic acids is 1. The van der Waals surface area contributed by atoms with Gasteiger partial charge in [-0.05, 0) is 36.6 Å².